The van der Waals surface area contributed by atoms with Crippen molar-refractivity contribution in [2.24, 2.45) is 4.99 Å². The number of aromatic amines is 1. The summed E-state index contributed by atoms with van der Waals surface area (Å²) < 4.78 is 13.5. The summed E-state index contributed by atoms with van der Waals surface area (Å²) in [4.78, 5) is 9.62. The molecule has 3 rings (SSSR count). The fraction of sp³-hybridized carbons (Fsp3) is 0.318. The molecule has 0 radical (unpaired) electrons. The molecule has 2 aromatic carbocycles. The summed E-state index contributed by atoms with van der Waals surface area (Å²) in [6.45, 7) is 2.36. The van der Waals surface area contributed by atoms with Crippen molar-refractivity contribution in [3.05, 3.63) is 71.2 Å². The number of nitrogens with zero attached hydrogens (tertiary/aromatic N) is 2. The van der Waals surface area contributed by atoms with Crippen molar-refractivity contribution < 1.29 is 4.39 Å². The predicted octanol–water partition coefficient (Wildman–Crippen LogP) is 3.28. The van der Waals surface area contributed by atoms with E-state index in [9.17, 15) is 4.39 Å². The van der Waals surface area contributed by atoms with E-state index in [2.05, 4.69) is 63.9 Å². The monoisotopic (exact) mass is 381 g/mol. The van der Waals surface area contributed by atoms with Crippen LogP contribution in [0.15, 0.2) is 53.7 Å². The largest absolute Gasteiger partial charge is 0.361 e. The van der Waals surface area contributed by atoms with E-state index in [-0.39, 0.29) is 5.82 Å². The molecule has 0 saturated heterocycles. The van der Waals surface area contributed by atoms with Crippen LogP contribution in [-0.2, 0) is 19.5 Å². The lowest BCUT2D eigenvalue weighted by atomic mass is 10.1. The molecule has 3 N–H and O–H groups in total. The van der Waals surface area contributed by atoms with Gasteiger partial charge >= 0.3 is 0 Å². The van der Waals surface area contributed by atoms with Crippen molar-refractivity contribution in [1.82, 2.24) is 20.5 Å². The highest BCUT2D eigenvalue weighted by atomic mass is 19.1. The summed E-state index contributed by atoms with van der Waals surface area (Å²) in [6.07, 6.45) is 2.72. The molecule has 0 spiro atoms. The first-order chi connectivity index (χ1) is 13.5. The number of benzene rings is 2. The molecule has 0 aliphatic carbocycles. The standard InChI is InChI=1S/C22H28FN5/c1-24-22(27-13-16-4-6-17(7-5-16)15-28(2)3)25-11-10-18-14-26-21-9-8-19(23)12-20(18)21/h4-9,12,14,26H,10-11,13,15H2,1-3H3,(H2,24,25,27). The van der Waals surface area contributed by atoms with Gasteiger partial charge in [-0.25, -0.2) is 4.39 Å². The van der Waals surface area contributed by atoms with Crippen LogP contribution in [0.5, 0.6) is 0 Å². The van der Waals surface area contributed by atoms with Crippen molar-refractivity contribution >= 4 is 16.9 Å². The Morgan fingerprint density at radius 3 is 2.54 bits per heavy atom. The van der Waals surface area contributed by atoms with E-state index in [0.29, 0.717) is 13.1 Å². The molecule has 0 aliphatic heterocycles. The lowest BCUT2D eigenvalue weighted by molar-refractivity contribution is 0.402. The van der Waals surface area contributed by atoms with E-state index < -0.39 is 0 Å². The Morgan fingerprint density at radius 1 is 1.07 bits per heavy atom. The topological polar surface area (TPSA) is 55.5 Å². The van der Waals surface area contributed by atoms with Gasteiger partial charge in [-0.05, 0) is 55.4 Å². The molecule has 3 aromatic rings. The third-order valence-corrected chi connectivity index (χ3v) is 4.62. The van der Waals surface area contributed by atoms with Crippen LogP contribution in [0.3, 0.4) is 0 Å². The van der Waals surface area contributed by atoms with Crippen molar-refractivity contribution in [2.75, 3.05) is 27.7 Å². The predicted molar refractivity (Wildman–Crippen MR) is 114 cm³/mol. The highest BCUT2D eigenvalue weighted by Gasteiger charge is 2.05. The van der Waals surface area contributed by atoms with Crippen LogP contribution in [0.25, 0.3) is 10.9 Å². The maximum atomic E-state index is 13.5. The average molecular weight is 381 g/mol. The van der Waals surface area contributed by atoms with Crippen LogP contribution in [0, 0.1) is 5.82 Å². The normalized spacial score (nSPS) is 12.0. The number of rotatable bonds is 7. The molecule has 0 amide bonds. The Labute approximate surface area is 165 Å². The van der Waals surface area contributed by atoms with E-state index in [1.165, 1.54) is 17.2 Å². The molecule has 1 aromatic heterocycles. The summed E-state index contributed by atoms with van der Waals surface area (Å²) in [7, 11) is 5.90. The molecule has 0 unspecified atom stereocenters. The zero-order chi connectivity index (χ0) is 19.9. The molecule has 0 aliphatic rings. The molecular weight excluding hydrogens is 353 g/mol. The first-order valence-electron chi connectivity index (χ1n) is 9.47. The molecule has 0 bridgehead atoms. The van der Waals surface area contributed by atoms with Crippen molar-refractivity contribution in [1.29, 1.82) is 0 Å². The van der Waals surface area contributed by atoms with Crippen LogP contribution in [0.1, 0.15) is 16.7 Å². The second-order valence-corrected chi connectivity index (χ2v) is 7.16. The van der Waals surface area contributed by atoms with E-state index in [1.54, 1.807) is 19.2 Å². The van der Waals surface area contributed by atoms with E-state index >= 15 is 0 Å². The maximum Gasteiger partial charge on any atom is 0.191 e. The molecule has 5 nitrogen and oxygen atoms in total. The van der Waals surface area contributed by atoms with Crippen molar-refractivity contribution in [3.8, 4) is 0 Å². The fourth-order valence-electron chi connectivity index (χ4n) is 3.21. The Hall–Kier alpha value is -2.86. The van der Waals surface area contributed by atoms with Crippen LogP contribution in [-0.4, -0.2) is 43.5 Å². The van der Waals surface area contributed by atoms with Crippen LogP contribution in [0.4, 0.5) is 4.39 Å². The van der Waals surface area contributed by atoms with E-state index in [4.69, 9.17) is 0 Å². The van der Waals surface area contributed by atoms with Gasteiger partial charge in [-0.2, -0.15) is 0 Å². The Morgan fingerprint density at radius 2 is 1.82 bits per heavy atom. The summed E-state index contributed by atoms with van der Waals surface area (Å²) in [5.74, 6) is 0.541. The Kier molecular flexibility index (Phi) is 6.66. The minimum Gasteiger partial charge on any atom is -0.361 e. The van der Waals surface area contributed by atoms with Gasteiger partial charge in [-0.3, -0.25) is 4.99 Å². The third-order valence-electron chi connectivity index (χ3n) is 4.62. The Balaban J connectivity index is 1.48. The Bertz CT molecular complexity index is 928. The number of halogens is 1. The number of nitrogens with one attached hydrogen (secondary N) is 3. The minimum absolute atomic E-state index is 0.213. The minimum atomic E-state index is -0.213. The maximum absolute atomic E-state index is 13.5. The van der Waals surface area contributed by atoms with Gasteiger partial charge in [0.1, 0.15) is 5.82 Å². The quantitative estimate of drug-likeness (QED) is 0.435. The third kappa shape index (κ3) is 5.33. The summed E-state index contributed by atoms with van der Waals surface area (Å²) in [5.41, 5.74) is 4.55. The van der Waals surface area contributed by atoms with Gasteiger partial charge in [-0.15, -0.1) is 0 Å². The number of aromatic nitrogens is 1. The second kappa shape index (κ2) is 9.37. The molecule has 28 heavy (non-hydrogen) atoms. The van der Waals surface area contributed by atoms with Gasteiger partial charge < -0.3 is 20.5 Å². The number of H-pyrrole nitrogens is 1. The first kappa shape index (κ1) is 19.9. The lowest BCUT2D eigenvalue weighted by Gasteiger charge is -2.13. The zero-order valence-electron chi connectivity index (χ0n) is 16.7. The number of guanidine groups is 1. The molecule has 148 valence electrons. The molecular formula is C22H28FN5. The van der Waals surface area contributed by atoms with Gasteiger partial charge in [-0.1, -0.05) is 24.3 Å². The zero-order valence-corrected chi connectivity index (χ0v) is 16.7. The van der Waals surface area contributed by atoms with Crippen molar-refractivity contribution in [2.45, 2.75) is 19.5 Å². The lowest BCUT2D eigenvalue weighted by Crippen LogP contribution is -2.37. The SMILES string of the molecule is CN=C(NCCc1c[nH]c2ccc(F)cc12)NCc1ccc(CN(C)C)cc1. The molecule has 0 saturated carbocycles. The first-order valence-corrected chi connectivity index (χ1v) is 9.47. The van der Waals surface area contributed by atoms with Gasteiger partial charge in [0.25, 0.3) is 0 Å². The van der Waals surface area contributed by atoms with Crippen LogP contribution < -0.4 is 10.6 Å². The van der Waals surface area contributed by atoms with Crippen LogP contribution in [0.2, 0.25) is 0 Å². The summed E-state index contributed by atoms with van der Waals surface area (Å²) in [5, 5.41) is 7.59. The highest BCUT2D eigenvalue weighted by Crippen LogP contribution is 2.19. The molecule has 6 heteroatoms. The number of hydrogen-bond donors (Lipinski definition) is 3. The second-order valence-electron chi connectivity index (χ2n) is 7.16. The fourth-order valence-corrected chi connectivity index (χ4v) is 3.21. The van der Waals surface area contributed by atoms with E-state index in [0.717, 1.165) is 35.4 Å². The smallest absolute Gasteiger partial charge is 0.191 e. The molecule has 0 atom stereocenters. The van der Waals surface area contributed by atoms with Gasteiger partial charge in [0.15, 0.2) is 5.96 Å². The van der Waals surface area contributed by atoms with E-state index in [1.807, 2.05) is 6.20 Å². The summed E-state index contributed by atoms with van der Waals surface area (Å²) in [6, 6.07) is 13.4. The van der Waals surface area contributed by atoms with Crippen molar-refractivity contribution in [3.63, 3.8) is 0 Å². The van der Waals surface area contributed by atoms with Gasteiger partial charge in [0.2, 0.25) is 0 Å². The average Bonchev–Trinajstić information content (AvgIpc) is 3.07. The summed E-state index contributed by atoms with van der Waals surface area (Å²) >= 11 is 0. The number of aliphatic imine (C=N–C) groups is 1. The van der Waals surface area contributed by atoms with Crippen LogP contribution >= 0.6 is 0 Å². The highest BCUT2D eigenvalue weighted by molar-refractivity contribution is 5.83. The van der Waals surface area contributed by atoms with Gasteiger partial charge in [0, 0.05) is 43.8 Å². The molecule has 0 fully saturated rings. The molecule has 1 heterocycles. The number of hydrogen-bond acceptors (Lipinski definition) is 2. The number of fused-ring (bicyclic) bond motifs is 1. The van der Waals surface area contributed by atoms with Gasteiger partial charge in [0.05, 0.1) is 0 Å².